The van der Waals surface area contributed by atoms with Crippen LogP contribution in [0, 0.1) is 13.8 Å². The maximum absolute atomic E-state index is 13.0. The van der Waals surface area contributed by atoms with Gasteiger partial charge in [0, 0.05) is 5.69 Å². The van der Waals surface area contributed by atoms with E-state index < -0.39 is 5.54 Å². The number of para-hydroxylation sites is 2. The van der Waals surface area contributed by atoms with Crippen molar-refractivity contribution < 1.29 is 9.59 Å². The van der Waals surface area contributed by atoms with Crippen LogP contribution in [0.5, 0.6) is 0 Å². The molecule has 0 radical (unpaired) electrons. The first kappa shape index (κ1) is 17.0. The molecule has 2 N–H and O–H groups in total. The topological polar surface area (TPSA) is 61.4 Å². The van der Waals surface area contributed by atoms with Crippen LogP contribution in [0.15, 0.2) is 42.5 Å². The summed E-state index contributed by atoms with van der Waals surface area (Å²) in [5, 5.41) is 6.07. The molecule has 0 bridgehead atoms. The van der Waals surface area contributed by atoms with Crippen molar-refractivity contribution >= 4 is 28.9 Å². The summed E-state index contributed by atoms with van der Waals surface area (Å²) in [4.78, 5) is 27.0. The number of anilines is 3. The van der Waals surface area contributed by atoms with Gasteiger partial charge < -0.3 is 10.6 Å². The largest absolute Gasteiger partial charge is 0.376 e. The molecule has 0 saturated heterocycles. The van der Waals surface area contributed by atoms with Gasteiger partial charge in [-0.2, -0.15) is 0 Å². The predicted molar refractivity (Wildman–Crippen MR) is 101 cm³/mol. The Bertz CT molecular complexity index is 843. The second-order valence-corrected chi connectivity index (χ2v) is 6.93. The van der Waals surface area contributed by atoms with Crippen molar-refractivity contribution in [1.82, 2.24) is 0 Å². The molecule has 1 heterocycles. The molecular formula is C20H23N3O2. The summed E-state index contributed by atoms with van der Waals surface area (Å²) in [7, 11) is 0. The molecule has 5 nitrogen and oxygen atoms in total. The number of nitrogens with one attached hydrogen (secondary N) is 2. The van der Waals surface area contributed by atoms with Crippen LogP contribution < -0.4 is 15.5 Å². The van der Waals surface area contributed by atoms with E-state index in [2.05, 4.69) is 16.7 Å². The second-order valence-electron chi connectivity index (χ2n) is 6.93. The molecule has 1 aliphatic rings. The number of rotatable bonds is 3. The Balaban J connectivity index is 1.86. The van der Waals surface area contributed by atoms with E-state index in [1.54, 1.807) is 24.8 Å². The second kappa shape index (κ2) is 6.24. The summed E-state index contributed by atoms with van der Waals surface area (Å²) in [6.07, 6.45) is 0. The van der Waals surface area contributed by atoms with Crippen molar-refractivity contribution in [2.24, 2.45) is 0 Å². The molecular weight excluding hydrogens is 314 g/mol. The highest BCUT2D eigenvalue weighted by Crippen LogP contribution is 2.36. The van der Waals surface area contributed by atoms with Gasteiger partial charge in [0.1, 0.15) is 5.54 Å². The molecule has 5 heteroatoms. The van der Waals surface area contributed by atoms with Gasteiger partial charge >= 0.3 is 0 Å². The van der Waals surface area contributed by atoms with E-state index in [9.17, 15) is 9.59 Å². The Kier molecular flexibility index (Phi) is 4.25. The molecule has 130 valence electrons. The summed E-state index contributed by atoms with van der Waals surface area (Å²) < 4.78 is 0. The van der Waals surface area contributed by atoms with Crippen molar-refractivity contribution in [3.05, 3.63) is 53.6 Å². The number of benzene rings is 2. The first-order valence-electron chi connectivity index (χ1n) is 8.35. The number of hydrogen-bond acceptors (Lipinski definition) is 3. The third kappa shape index (κ3) is 3.09. The standard InChI is InChI=1S/C20H23N3O2/c1-13-9-10-15(14(2)11-13)21-12-18(24)23-17-8-6-5-7-16(17)22-19(25)20(23,3)4/h5-11,21H,12H2,1-4H3,(H,22,25). The van der Waals surface area contributed by atoms with E-state index in [0.717, 1.165) is 16.9 Å². The van der Waals surface area contributed by atoms with Gasteiger partial charge in [0.25, 0.3) is 0 Å². The van der Waals surface area contributed by atoms with Crippen LogP contribution in [-0.2, 0) is 9.59 Å². The minimum atomic E-state index is -0.949. The lowest BCUT2D eigenvalue weighted by atomic mass is 9.96. The van der Waals surface area contributed by atoms with Crippen molar-refractivity contribution in [2.45, 2.75) is 33.2 Å². The van der Waals surface area contributed by atoms with E-state index in [1.165, 1.54) is 5.56 Å². The average molecular weight is 337 g/mol. The minimum absolute atomic E-state index is 0.120. The molecule has 0 fully saturated rings. The highest BCUT2D eigenvalue weighted by Gasteiger charge is 2.43. The molecule has 0 aliphatic carbocycles. The lowest BCUT2D eigenvalue weighted by Crippen LogP contribution is -2.59. The molecule has 0 unspecified atom stereocenters. The Morgan fingerprint density at radius 2 is 1.88 bits per heavy atom. The Labute approximate surface area is 148 Å². The van der Waals surface area contributed by atoms with Crippen molar-refractivity contribution in [1.29, 1.82) is 0 Å². The van der Waals surface area contributed by atoms with Crippen LogP contribution in [0.2, 0.25) is 0 Å². The van der Waals surface area contributed by atoms with Crippen molar-refractivity contribution in [3.63, 3.8) is 0 Å². The van der Waals surface area contributed by atoms with Crippen LogP contribution in [0.1, 0.15) is 25.0 Å². The van der Waals surface area contributed by atoms with Crippen LogP contribution in [0.3, 0.4) is 0 Å². The maximum Gasteiger partial charge on any atom is 0.250 e. The summed E-state index contributed by atoms with van der Waals surface area (Å²) >= 11 is 0. The summed E-state index contributed by atoms with van der Waals surface area (Å²) in [6.45, 7) is 7.68. The summed E-state index contributed by atoms with van der Waals surface area (Å²) in [6, 6.07) is 13.4. The molecule has 1 aliphatic heterocycles. The van der Waals surface area contributed by atoms with Crippen LogP contribution >= 0.6 is 0 Å². The first-order chi connectivity index (χ1) is 11.8. The third-order valence-electron chi connectivity index (χ3n) is 4.57. The maximum atomic E-state index is 13.0. The average Bonchev–Trinajstić information content (AvgIpc) is 2.54. The zero-order valence-corrected chi connectivity index (χ0v) is 15.0. The van der Waals surface area contributed by atoms with Crippen LogP contribution in [0.4, 0.5) is 17.1 Å². The zero-order chi connectivity index (χ0) is 18.2. The normalized spacial score (nSPS) is 15.4. The van der Waals surface area contributed by atoms with E-state index in [4.69, 9.17) is 0 Å². The number of hydrogen-bond donors (Lipinski definition) is 2. The number of aryl methyl sites for hydroxylation is 2. The summed E-state index contributed by atoms with van der Waals surface area (Å²) in [5.74, 6) is -0.335. The molecule has 0 spiro atoms. The molecule has 2 aromatic rings. The smallest absolute Gasteiger partial charge is 0.250 e. The lowest BCUT2D eigenvalue weighted by Gasteiger charge is -2.42. The zero-order valence-electron chi connectivity index (χ0n) is 15.0. The first-order valence-corrected chi connectivity index (χ1v) is 8.35. The van der Waals surface area contributed by atoms with Gasteiger partial charge in [-0.05, 0) is 51.5 Å². The van der Waals surface area contributed by atoms with Gasteiger partial charge in [-0.1, -0.05) is 29.8 Å². The molecule has 3 rings (SSSR count). The Morgan fingerprint density at radius 1 is 1.16 bits per heavy atom. The molecule has 0 saturated carbocycles. The highest BCUT2D eigenvalue weighted by molar-refractivity contribution is 6.14. The molecule has 0 atom stereocenters. The Morgan fingerprint density at radius 3 is 2.60 bits per heavy atom. The lowest BCUT2D eigenvalue weighted by molar-refractivity contribution is -0.125. The summed E-state index contributed by atoms with van der Waals surface area (Å²) in [5.41, 5.74) is 3.62. The molecule has 2 amide bonds. The number of amides is 2. The van der Waals surface area contributed by atoms with Crippen LogP contribution in [-0.4, -0.2) is 23.9 Å². The van der Waals surface area contributed by atoms with Gasteiger partial charge in [-0.15, -0.1) is 0 Å². The number of carbonyl (C=O) groups is 2. The van der Waals surface area contributed by atoms with Crippen LogP contribution in [0.25, 0.3) is 0 Å². The third-order valence-corrected chi connectivity index (χ3v) is 4.57. The predicted octanol–water partition coefficient (Wildman–Crippen LogP) is 3.48. The van der Waals surface area contributed by atoms with E-state index in [-0.39, 0.29) is 18.4 Å². The van der Waals surface area contributed by atoms with Gasteiger partial charge in [-0.3, -0.25) is 14.5 Å². The minimum Gasteiger partial charge on any atom is -0.376 e. The fourth-order valence-corrected chi connectivity index (χ4v) is 3.16. The van der Waals surface area contributed by atoms with Gasteiger partial charge in [-0.25, -0.2) is 0 Å². The SMILES string of the molecule is Cc1ccc(NCC(=O)N2c3ccccc3NC(=O)C2(C)C)c(C)c1. The van der Waals surface area contributed by atoms with Gasteiger partial charge in [0.2, 0.25) is 11.8 Å². The van der Waals surface area contributed by atoms with Crippen molar-refractivity contribution in [2.75, 3.05) is 22.1 Å². The van der Waals surface area contributed by atoms with Gasteiger partial charge in [0.15, 0.2) is 0 Å². The highest BCUT2D eigenvalue weighted by atomic mass is 16.2. The number of carbonyl (C=O) groups excluding carboxylic acids is 2. The quantitative estimate of drug-likeness (QED) is 0.901. The fourth-order valence-electron chi connectivity index (χ4n) is 3.16. The number of fused-ring (bicyclic) bond motifs is 1. The molecule has 0 aromatic heterocycles. The van der Waals surface area contributed by atoms with E-state index in [0.29, 0.717) is 5.69 Å². The van der Waals surface area contributed by atoms with Crippen molar-refractivity contribution in [3.8, 4) is 0 Å². The van der Waals surface area contributed by atoms with Gasteiger partial charge in [0.05, 0.1) is 17.9 Å². The Hall–Kier alpha value is -2.82. The fraction of sp³-hybridized carbons (Fsp3) is 0.300. The monoisotopic (exact) mass is 337 g/mol. The van der Waals surface area contributed by atoms with E-state index in [1.807, 2.05) is 44.2 Å². The molecule has 2 aromatic carbocycles. The molecule has 25 heavy (non-hydrogen) atoms. The number of nitrogens with zero attached hydrogens (tertiary/aromatic N) is 1. The van der Waals surface area contributed by atoms with E-state index >= 15 is 0 Å².